The summed E-state index contributed by atoms with van der Waals surface area (Å²) in [6, 6.07) is 14.6. The zero-order valence-electron chi connectivity index (χ0n) is 10.7. The minimum absolute atomic E-state index is 0.522. The maximum absolute atomic E-state index is 10.2. The maximum Gasteiger partial charge on any atom is 0.101 e. The third-order valence-corrected chi connectivity index (χ3v) is 4.01. The van der Waals surface area contributed by atoms with E-state index in [2.05, 4.69) is 35.3 Å². The van der Waals surface area contributed by atoms with Gasteiger partial charge < -0.3 is 5.11 Å². The van der Waals surface area contributed by atoms with Crippen LogP contribution in [0, 0.1) is 6.92 Å². The van der Waals surface area contributed by atoms with Crippen molar-refractivity contribution in [1.82, 2.24) is 4.98 Å². The summed E-state index contributed by atoms with van der Waals surface area (Å²) in [4.78, 5) is 4.34. The molecule has 3 aromatic rings. The molecule has 0 aliphatic heterocycles. The molecule has 0 bridgehead atoms. The van der Waals surface area contributed by atoms with E-state index in [1.54, 1.807) is 11.3 Å². The molecule has 0 saturated carbocycles. The summed E-state index contributed by atoms with van der Waals surface area (Å²) in [6.07, 6.45) is 0.0830. The van der Waals surface area contributed by atoms with E-state index in [0.717, 1.165) is 16.3 Å². The number of aliphatic hydroxyl groups excluding tert-OH is 1. The molecule has 3 rings (SSSR count). The van der Waals surface area contributed by atoms with Crippen LogP contribution < -0.4 is 0 Å². The van der Waals surface area contributed by atoms with Crippen molar-refractivity contribution >= 4 is 22.1 Å². The fraction of sp³-hybridized carbons (Fsp3) is 0.188. The average molecular weight is 269 g/mol. The first-order valence-electron chi connectivity index (χ1n) is 6.30. The van der Waals surface area contributed by atoms with Gasteiger partial charge in [-0.2, -0.15) is 0 Å². The molecular formula is C16H15NOS. The fourth-order valence-electron chi connectivity index (χ4n) is 2.23. The van der Waals surface area contributed by atoms with Gasteiger partial charge in [0.2, 0.25) is 0 Å². The Labute approximate surface area is 116 Å². The van der Waals surface area contributed by atoms with Gasteiger partial charge in [0.05, 0.1) is 10.7 Å². The number of hydrogen-bond acceptors (Lipinski definition) is 3. The molecule has 1 unspecified atom stereocenters. The summed E-state index contributed by atoms with van der Waals surface area (Å²) in [7, 11) is 0. The number of fused-ring (bicyclic) bond motifs is 1. The van der Waals surface area contributed by atoms with Crippen LogP contribution in [0.15, 0.2) is 47.8 Å². The van der Waals surface area contributed by atoms with Crippen molar-refractivity contribution in [3.05, 3.63) is 64.1 Å². The van der Waals surface area contributed by atoms with Gasteiger partial charge >= 0.3 is 0 Å². The first kappa shape index (κ1) is 12.3. The van der Waals surface area contributed by atoms with E-state index < -0.39 is 6.10 Å². The zero-order chi connectivity index (χ0) is 13.2. The Balaban J connectivity index is 1.84. The molecule has 1 aromatic heterocycles. The van der Waals surface area contributed by atoms with Gasteiger partial charge in [0.25, 0.3) is 0 Å². The molecule has 0 saturated heterocycles. The molecule has 1 N–H and O–H groups in total. The van der Waals surface area contributed by atoms with Crippen LogP contribution in [-0.2, 0) is 6.42 Å². The van der Waals surface area contributed by atoms with Crippen LogP contribution >= 0.6 is 11.3 Å². The first-order chi connectivity index (χ1) is 9.22. The smallest absolute Gasteiger partial charge is 0.101 e. The third-order valence-electron chi connectivity index (χ3n) is 3.22. The maximum atomic E-state index is 10.2. The normalized spacial score (nSPS) is 12.7. The van der Waals surface area contributed by atoms with Crippen molar-refractivity contribution in [1.29, 1.82) is 0 Å². The number of hydrogen-bond donors (Lipinski definition) is 1. The Morgan fingerprint density at radius 3 is 2.68 bits per heavy atom. The van der Waals surface area contributed by atoms with Crippen molar-refractivity contribution in [2.24, 2.45) is 0 Å². The SMILES string of the molecule is Cc1nc(C(O)Cc2ccc3ccccc3c2)cs1. The number of aliphatic hydroxyl groups is 1. The Morgan fingerprint density at radius 1 is 1.16 bits per heavy atom. The molecule has 96 valence electrons. The minimum Gasteiger partial charge on any atom is -0.386 e. The molecule has 2 nitrogen and oxygen atoms in total. The van der Waals surface area contributed by atoms with Crippen molar-refractivity contribution < 1.29 is 5.11 Å². The molecule has 0 aliphatic carbocycles. The molecule has 0 radical (unpaired) electrons. The molecule has 0 amide bonds. The Hall–Kier alpha value is -1.71. The minimum atomic E-state index is -0.522. The van der Waals surface area contributed by atoms with Crippen LogP contribution in [0.4, 0.5) is 0 Å². The highest BCUT2D eigenvalue weighted by Crippen LogP contribution is 2.22. The van der Waals surface area contributed by atoms with Crippen LogP contribution in [0.5, 0.6) is 0 Å². The van der Waals surface area contributed by atoms with Gasteiger partial charge in [0.15, 0.2) is 0 Å². The molecule has 1 heterocycles. The van der Waals surface area contributed by atoms with Crippen molar-refractivity contribution in [3.63, 3.8) is 0 Å². The summed E-state index contributed by atoms with van der Waals surface area (Å²) in [5.41, 5.74) is 1.91. The number of rotatable bonds is 3. The quantitative estimate of drug-likeness (QED) is 0.782. The number of aryl methyl sites for hydroxylation is 1. The van der Waals surface area contributed by atoms with Crippen molar-refractivity contribution in [2.75, 3.05) is 0 Å². The zero-order valence-corrected chi connectivity index (χ0v) is 11.5. The van der Waals surface area contributed by atoms with E-state index in [1.165, 1.54) is 10.8 Å². The molecule has 19 heavy (non-hydrogen) atoms. The van der Waals surface area contributed by atoms with Crippen LogP contribution in [0.1, 0.15) is 22.4 Å². The predicted octanol–water partition coefficient (Wildman–Crippen LogP) is 3.88. The molecule has 2 aromatic carbocycles. The highest BCUT2D eigenvalue weighted by Gasteiger charge is 2.11. The number of benzene rings is 2. The lowest BCUT2D eigenvalue weighted by molar-refractivity contribution is 0.174. The second kappa shape index (κ2) is 5.11. The van der Waals surface area contributed by atoms with Crippen molar-refractivity contribution in [3.8, 4) is 0 Å². The number of aromatic nitrogens is 1. The molecule has 0 aliphatic rings. The Bertz CT molecular complexity index is 705. The highest BCUT2D eigenvalue weighted by molar-refractivity contribution is 7.09. The van der Waals surface area contributed by atoms with E-state index in [9.17, 15) is 5.11 Å². The fourth-order valence-corrected chi connectivity index (χ4v) is 2.89. The lowest BCUT2D eigenvalue weighted by Crippen LogP contribution is -2.02. The highest BCUT2D eigenvalue weighted by atomic mass is 32.1. The second-order valence-corrected chi connectivity index (χ2v) is 5.76. The van der Waals surface area contributed by atoms with Gasteiger partial charge in [-0.25, -0.2) is 4.98 Å². The topological polar surface area (TPSA) is 33.1 Å². The van der Waals surface area contributed by atoms with E-state index >= 15 is 0 Å². The van der Waals surface area contributed by atoms with E-state index in [-0.39, 0.29) is 0 Å². The summed E-state index contributed by atoms with van der Waals surface area (Å²) in [5, 5.41) is 15.6. The van der Waals surface area contributed by atoms with Gasteiger partial charge in [0.1, 0.15) is 6.10 Å². The largest absolute Gasteiger partial charge is 0.386 e. The monoisotopic (exact) mass is 269 g/mol. The van der Waals surface area contributed by atoms with Crippen LogP contribution in [0.2, 0.25) is 0 Å². The Kier molecular flexibility index (Phi) is 3.32. The van der Waals surface area contributed by atoms with Crippen molar-refractivity contribution in [2.45, 2.75) is 19.4 Å². The Morgan fingerprint density at radius 2 is 1.95 bits per heavy atom. The number of thiazole rings is 1. The molecule has 3 heteroatoms. The van der Waals surface area contributed by atoms with Crippen LogP contribution in [-0.4, -0.2) is 10.1 Å². The first-order valence-corrected chi connectivity index (χ1v) is 7.18. The van der Waals surface area contributed by atoms with Crippen LogP contribution in [0.25, 0.3) is 10.8 Å². The van der Waals surface area contributed by atoms with Gasteiger partial charge in [-0.3, -0.25) is 0 Å². The third kappa shape index (κ3) is 2.67. The van der Waals surface area contributed by atoms with Gasteiger partial charge in [-0.1, -0.05) is 42.5 Å². The average Bonchev–Trinajstić information content (AvgIpc) is 2.85. The molecule has 1 atom stereocenters. The lowest BCUT2D eigenvalue weighted by atomic mass is 10.0. The summed E-state index contributed by atoms with van der Waals surface area (Å²) in [5.74, 6) is 0. The van der Waals surface area contributed by atoms with E-state index in [1.807, 2.05) is 24.4 Å². The van der Waals surface area contributed by atoms with Gasteiger partial charge in [0, 0.05) is 11.8 Å². The van der Waals surface area contributed by atoms with E-state index in [0.29, 0.717) is 6.42 Å². The molecule has 0 fully saturated rings. The number of nitrogens with zero attached hydrogens (tertiary/aromatic N) is 1. The van der Waals surface area contributed by atoms with E-state index in [4.69, 9.17) is 0 Å². The van der Waals surface area contributed by atoms with Gasteiger partial charge in [-0.15, -0.1) is 11.3 Å². The standard InChI is InChI=1S/C16H15NOS/c1-11-17-15(10-19-11)16(18)9-12-6-7-13-4-2-3-5-14(13)8-12/h2-8,10,16,18H,9H2,1H3. The predicted molar refractivity (Wildman–Crippen MR) is 79.5 cm³/mol. The second-order valence-electron chi connectivity index (χ2n) is 4.69. The molecule has 0 spiro atoms. The lowest BCUT2D eigenvalue weighted by Gasteiger charge is -2.09. The summed E-state index contributed by atoms with van der Waals surface area (Å²) >= 11 is 1.57. The van der Waals surface area contributed by atoms with Gasteiger partial charge in [-0.05, 0) is 23.3 Å². The molecular weight excluding hydrogens is 254 g/mol. The summed E-state index contributed by atoms with van der Waals surface area (Å²) in [6.45, 7) is 1.96. The summed E-state index contributed by atoms with van der Waals surface area (Å²) < 4.78 is 0. The van der Waals surface area contributed by atoms with Crippen LogP contribution in [0.3, 0.4) is 0 Å².